The molecule has 0 radical (unpaired) electrons. The molecule has 4 heteroatoms. The van der Waals surface area contributed by atoms with Gasteiger partial charge in [-0.2, -0.15) is 0 Å². The van der Waals surface area contributed by atoms with Crippen LogP contribution in [0.25, 0.3) is 0 Å². The third-order valence-corrected chi connectivity index (χ3v) is 2.87. The van der Waals surface area contributed by atoms with E-state index in [1.165, 1.54) is 6.42 Å². The van der Waals surface area contributed by atoms with E-state index in [0.717, 1.165) is 25.8 Å². The molecule has 1 aliphatic carbocycles. The normalized spacial score (nSPS) is 30.2. The Bertz CT molecular complexity index is 154. The molecule has 2 unspecified atom stereocenters. The van der Waals surface area contributed by atoms with E-state index >= 15 is 0 Å². The summed E-state index contributed by atoms with van der Waals surface area (Å²) in [5, 5.41) is 30.4. The molecule has 3 atom stereocenters. The van der Waals surface area contributed by atoms with Gasteiger partial charge >= 0.3 is 0 Å². The molecule has 1 saturated carbocycles. The SMILES string of the molecule is OC[C@@H](O)CNCC1CCCCC1O. The minimum Gasteiger partial charge on any atom is -0.394 e. The summed E-state index contributed by atoms with van der Waals surface area (Å²) in [7, 11) is 0. The van der Waals surface area contributed by atoms with Gasteiger partial charge in [-0.1, -0.05) is 12.8 Å². The predicted octanol–water partition coefficient (Wildman–Crippen LogP) is -0.520. The van der Waals surface area contributed by atoms with Gasteiger partial charge in [-0.05, 0) is 18.8 Å². The molecule has 0 aromatic carbocycles. The Kier molecular flexibility index (Phi) is 5.40. The Labute approximate surface area is 85.0 Å². The summed E-state index contributed by atoms with van der Waals surface area (Å²) in [5.41, 5.74) is 0. The zero-order valence-corrected chi connectivity index (χ0v) is 8.52. The van der Waals surface area contributed by atoms with Crippen LogP contribution in [0.2, 0.25) is 0 Å². The Morgan fingerprint density at radius 1 is 1.29 bits per heavy atom. The first kappa shape index (κ1) is 11.9. The number of aliphatic hydroxyl groups excluding tert-OH is 3. The number of aliphatic hydroxyl groups is 3. The molecule has 0 bridgehead atoms. The molecule has 4 N–H and O–H groups in total. The van der Waals surface area contributed by atoms with Gasteiger partial charge in [0.25, 0.3) is 0 Å². The predicted molar refractivity (Wildman–Crippen MR) is 53.9 cm³/mol. The van der Waals surface area contributed by atoms with Crippen molar-refractivity contribution < 1.29 is 15.3 Å². The molecule has 0 aromatic heterocycles. The van der Waals surface area contributed by atoms with E-state index < -0.39 is 6.10 Å². The number of nitrogens with one attached hydrogen (secondary N) is 1. The van der Waals surface area contributed by atoms with Crippen LogP contribution in [0.5, 0.6) is 0 Å². The topological polar surface area (TPSA) is 72.7 Å². The van der Waals surface area contributed by atoms with Crippen molar-refractivity contribution in [1.82, 2.24) is 5.32 Å². The molecule has 1 rings (SSSR count). The monoisotopic (exact) mass is 203 g/mol. The van der Waals surface area contributed by atoms with Crippen LogP contribution in [-0.2, 0) is 0 Å². The van der Waals surface area contributed by atoms with Gasteiger partial charge in [0.1, 0.15) is 0 Å². The lowest BCUT2D eigenvalue weighted by Crippen LogP contribution is -2.37. The van der Waals surface area contributed by atoms with E-state index in [4.69, 9.17) is 10.2 Å². The highest BCUT2D eigenvalue weighted by Gasteiger charge is 2.22. The molecule has 0 spiro atoms. The highest BCUT2D eigenvalue weighted by molar-refractivity contribution is 4.76. The van der Waals surface area contributed by atoms with Crippen LogP contribution in [0.3, 0.4) is 0 Å². The Morgan fingerprint density at radius 3 is 2.64 bits per heavy atom. The van der Waals surface area contributed by atoms with Gasteiger partial charge in [0.15, 0.2) is 0 Å². The highest BCUT2D eigenvalue weighted by Crippen LogP contribution is 2.23. The standard InChI is InChI=1S/C10H21NO3/c12-7-9(13)6-11-5-8-3-1-2-4-10(8)14/h8-14H,1-7H2/t8?,9-,10?/m0/s1. The van der Waals surface area contributed by atoms with Crippen LogP contribution < -0.4 is 5.32 Å². The molecule has 0 amide bonds. The fourth-order valence-electron chi connectivity index (χ4n) is 1.93. The molecule has 0 saturated heterocycles. The van der Waals surface area contributed by atoms with E-state index in [1.54, 1.807) is 0 Å². The average Bonchev–Trinajstić information content (AvgIpc) is 2.20. The van der Waals surface area contributed by atoms with Crippen LogP contribution >= 0.6 is 0 Å². The van der Waals surface area contributed by atoms with Crippen molar-refractivity contribution in [2.45, 2.75) is 37.9 Å². The summed E-state index contributed by atoms with van der Waals surface area (Å²) in [5.74, 6) is 0.314. The fourth-order valence-corrected chi connectivity index (χ4v) is 1.93. The number of hydrogen-bond donors (Lipinski definition) is 4. The minimum absolute atomic E-state index is 0.192. The zero-order chi connectivity index (χ0) is 10.4. The van der Waals surface area contributed by atoms with Crippen molar-refractivity contribution in [3.63, 3.8) is 0 Å². The van der Waals surface area contributed by atoms with Gasteiger partial charge in [-0.15, -0.1) is 0 Å². The van der Waals surface area contributed by atoms with Crippen molar-refractivity contribution in [1.29, 1.82) is 0 Å². The summed E-state index contributed by atoms with van der Waals surface area (Å²) >= 11 is 0. The van der Waals surface area contributed by atoms with Gasteiger partial charge in [-0.3, -0.25) is 0 Å². The lowest BCUT2D eigenvalue weighted by molar-refractivity contribution is 0.0617. The second-order valence-corrected chi connectivity index (χ2v) is 4.11. The maximum atomic E-state index is 9.64. The van der Waals surface area contributed by atoms with Crippen molar-refractivity contribution >= 4 is 0 Å². The number of rotatable bonds is 5. The summed E-state index contributed by atoms with van der Waals surface area (Å²) in [6, 6.07) is 0. The molecular weight excluding hydrogens is 182 g/mol. The van der Waals surface area contributed by atoms with Gasteiger partial charge in [-0.25, -0.2) is 0 Å². The van der Waals surface area contributed by atoms with Crippen molar-refractivity contribution in [3.05, 3.63) is 0 Å². The zero-order valence-electron chi connectivity index (χ0n) is 8.52. The maximum absolute atomic E-state index is 9.64. The maximum Gasteiger partial charge on any atom is 0.0894 e. The van der Waals surface area contributed by atoms with Gasteiger partial charge < -0.3 is 20.6 Å². The van der Waals surface area contributed by atoms with Gasteiger partial charge in [0.05, 0.1) is 18.8 Å². The first-order chi connectivity index (χ1) is 6.74. The Balaban J connectivity index is 2.10. The smallest absolute Gasteiger partial charge is 0.0894 e. The molecule has 0 aromatic rings. The first-order valence-electron chi connectivity index (χ1n) is 5.41. The molecular formula is C10H21NO3. The molecule has 4 nitrogen and oxygen atoms in total. The summed E-state index contributed by atoms with van der Waals surface area (Å²) < 4.78 is 0. The van der Waals surface area contributed by atoms with Gasteiger partial charge in [0, 0.05) is 13.1 Å². The summed E-state index contributed by atoms with van der Waals surface area (Å²) in [4.78, 5) is 0. The molecule has 0 heterocycles. The van der Waals surface area contributed by atoms with Crippen LogP contribution in [0, 0.1) is 5.92 Å². The second-order valence-electron chi connectivity index (χ2n) is 4.11. The van der Waals surface area contributed by atoms with Crippen molar-refractivity contribution in [2.24, 2.45) is 5.92 Å². The van der Waals surface area contributed by atoms with Gasteiger partial charge in [0.2, 0.25) is 0 Å². The quantitative estimate of drug-likeness (QED) is 0.485. The van der Waals surface area contributed by atoms with Crippen LogP contribution in [0.1, 0.15) is 25.7 Å². The van der Waals surface area contributed by atoms with E-state index in [2.05, 4.69) is 5.32 Å². The highest BCUT2D eigenvalue weighted by atomic mass is 16.3. The summed E-state index contributed by atoms with van der Waals surface area (Å²) in [6.07, 6.45) is 3.39. The lowest BCUT2D eigenvalue weighted by atomic mass is 9.86. The van der Waals surface area contributed by atoms with Crippen LogP contribution in [-0.4, -0.2) is 47.2 Å². The first-order valence-corrected chi connectivity index (χ1v) is 5.41. The third-order valence-electron chi connectivity index (χ3n) is 2.87. The molecule has 0 aliphatic heterocycles. The molecule has 1 fully saturated rings. The van der Waals surface area contributed by atoms with E-state index in [-0.39, 0.29) is 12.7 Å². The van der Waals surface area contributed by atoms with Crippen LogP contribution in [0.4, 0.5) is 0 Å². The fraction of sp³-hybridized carbons (Fsp3) is 1.00. The average molecular weight is 203 g/mol. The van der Waals surface area contributed by atoms with Crippen LogP contribution in [0.15, 0.2) is 0 Å². The Hall–Kier alpha value is -0.160. The largest absolute Gasteiger partial charge is 0.394 e. The molecule has 84 valence electrons. The van der Waals surface area contributed by atoms with E-state index in [0.29, 0.717) is 12.5 Å². The third kappa shape index (κ3) is 3.92. The van der Waals surface area contributed by atoms with Crippen molar-refractivity contribution in [2.75, 3.05) is 19.7 Å². The van der Waals surface area contributed by atoms with E-state index in [9.17, 15) is 5.11 Å². The van der Waals surface area contributed by atoms with E-state index in [1.807, 2.05) is 0 Å². The number of hydrogen-bond acceptors (Lipinski definition) is 4. The summed E-state index contributed by atoms with van der Waals surface area (Å²) in [6.45, 7) is 0.929. The minimum atomic E-state index is -0.685. The molecule has 14 heavy (non-hydrogen) atoms. The molecule has 1 aliphatic rings. The second kappa shape index (κ2) is 6.35. The Morgan fingerprint density at radius 2 is 2.00 bits per heavy atom. The lowest BCUT2D eigenvalue weighted by Gasteiger charge is -2.27. The van der Waals surface area contributed by atoms with Crippen molar-refractivity contribution in [3.8, 4) is 0 Å².